The number of halogens is 3. The summed E-state index contributed by atoms with van der Waals surface area (Å²) in [4.78, 5) is 13.0. The molecule has 0 fully saturated rings. The summed E-state index contributed by atoms with van der Waals surface area (Å²) in [6, 6.07) is 0. The Labute approximate surface area is 117 Å². The lowest BCUT2D eigenvalue weighted by atomic mass is 10.2. The molecule has 0 spiro atoms. The molecule has 2 N–H and O–H groups in total. The minimum atomic E-state index is -4.68. The van der Waals surface area contributed by atoms with Crippen LogP contribution in [0.2, 0.25) is 0 Å². The van der Waals surface area contributed by atoms with E-state index in [1.54, 1.807) is 27.8 Å². The second-order valence-corrected chi connectivity index (χ2v) is 5.42. The molecule has 0 saturated carbocycles. The maximum atomic E-state index is 12.2. The Hall–Kier alpha value is -1.02. The minimum Gasteiger partial charge on any atom is -0.444 e. The fraction of sp³-hybridized carbons (Fsp3) is 0.917. The number of nitrogens with zero attached hydrogens (tertiary/aromatic N) is 1. The molecule has 1 atom stereocenters. The number of nitrogens with one attached hydrogen (secondary N) is 1. The van der Waals surface area contributed by atoms with Crippen LogP contribution in [0.3, 0.4) is 0 Å². The van der Waals surface area contributed by atoms with Gasteiger partial charge < -0.3 is 20.1 Å². The number of likely N-dealkylation sites (N-methyl/N-ethyl adjacent to an activating group) is 1. The summed E-state index contributed by atoms with van der Waals surface area (Å²) in [5.41, 5.74) is -0.725. The highest BCUT2D eigenvalue weighted by Gasteiger charge is 2.38. The van der Waals surface area contributed by atoms with E-state index in [1.807, 2.05) is 0 Å². The molecule has 0 aliphatic carbocycles. The van der Waals surface area contributed by atoms with Crippen LogP contribution in [0.25, 0.3) is 0 Å². The maximum absolute atomic E-state index is 12.2. The van der Waals surface area contributed by atoms with Crippen LogP contribution >= 0.6 is 0 Å². The molecular weight excluding hydrogens is 277 g/mol. The molecule has 0 aliphatic heterocycles. The van der Waals surface area contributed by atoms with Crippen molar-refractivity contribution in [2.24, 2.45) is 0 Å². The quantitative estimate of drug-likeness (QED) is 0.784. The number of hydrogen-bond acceptors (Lipinski definition) is 4. The van der Waals surface area contributed by atoms with Crippen molar-refractivity contribution < 1.29 is 27.8 Å². The van der Waals surface area contributed by atoms with Crippen molar-refractivity contribution in [3.8, 4) is 0 Å². The summed E-state index contributed by atoms with van der Waals surface area (Å²) in [5, 5.41) is 11.8. The van der Waals surface area contributed by atoms with Crippen LogP contribution in [0.15, 0.2) is 0 Å². The van der Waals surface area contributed by atoms with Gasteiger partial charge in [0.1, 0.15) is 5.60 Å². The predicted octanol–water partition coefficient (Wildman–Crippen LogP) is 1.76. The van der Waals surface area contributed by atoms with Gasteiger partial charge in [0.05, 0.1) is 0 Å². The first-order chi connectivity index (χ1) is 8.97. The second kappa shape index (κ2) is 7.68. The normalized spacial score (nSPS) is 14.0. The molecule has 1 amide bonds. The number of carbonyl (C=O) groups is 1. The fourth-order valence-electron chi connectivity index (χ4n) is 1.31. The number of ether oxygens (including phenoxy) is 1. The van der Waals surface area contributed by atoms with E-state index in [0.717, 1.165) is 4.90 Å². The van der Waals surface area contributed by atoms with E-state index in [9.17, 15) is 18.0 Å². The smallest absolute Gasteiger partial charge is 0.414 e. The number of alkyl halides is 3. The highest BCUT2D eigenvalue weighted by atomic mass is 19.4. The molecule has 8 heteroatoms. The van der Waals surface area contributed by atoms with Crippen LogP contribution < -0.4 is 5.32 Å². The third-order valence-corrected chi connectivity index (χ3v) is 2.33. The predicted molar refractivity (Wildman–Crippen MR) is 68.4 cm³/mol. The number of hydrogen-bond donors (Lipinski definition) is 2. The molecule has 0 aromatic rings. The first-order valence-corrected chi connectivity index (χ1v) is 6.34. The van der Waals surface area contributed by atoms with Crippen LogP contribution in [-0.2, 0) is 4.74 Å². The van der Waals surface area contributed by atoms with Crippen molar-refractivity contribution >= 4 is 6.09 Å². The number of rotatable bonds is 6. The Balaban J connectivity index is 4.53. The lowest BCUT2D eigenvalue weighted by Gasteiger charge is -2.28. The highest BCUT2D eigenvalue weighted by molar-refractivity contribution is 5.68. The van der Waals surface area contributed by atoms with E-state index in [1.165, 1.54) is 0 Å². The average molecular weight is 300 g/mol. The summed E-state index contributed by atoms with van der Waals surface area (Å²) in [6.45, 7) is 5.41. The zero-order valence-electron chi connectivity index (χ0n) is 12.3. The maximum Gasteiger partial charge on any atom is 0.414 e. The van der Waals surface area contributed by atoms with E-state index in [0.29, 0.717) is 6.54 Å². The molecule has 0 aromatic heterocycles. The van der Waals surface area contributed by atoms with Gasteiger partial charge in [0.2, 0.25) is 0 Å². The molecule has 5 nitrogen and oxygen atoms in total. The zero-order chi connectivity index (χ0) is 16.0. The lowest BCUT2D eigenvalue weighted by molar-refractivity contribution is -0.206. The molecule has 0 bridgehead atoms. The van der Waals surface area contributed by atoms with Gasteiger partial charge in [-0.1, -0.05) is 0 Å². The Kier molecular flexibility index (Phi) is 7.29. The fourth-order valence-corrected chi connectivity index (χ4v) is 1.31. The molecule has 0 saturated heterocycles. The first kappa shape index (κ1) is 19.0. The summed E-state index contributed by atoms with van der Waals surface area (Å²) in [6.07, 6.45) is -8.39. The van der Waals surface area contributed by atoms with Crippen LogP contribution in [0.1, 0.15) is 27.2 Å². The van der Waals surface area contributed by atoms with Gasteiger partial charge in [-0.15, -0.1) is 0 Å². The molecule has 120 valence electrons. The number of amides is 1. The SMILES string of the molecule is CNCCN(CCC(O)C(F)(F)F)C(=O)OC(C)(C)C. The van der Waals surface area contributed by atoms with Crippen LogP contribution in [0.4, 0.5) is 18.0 Å². The summed E-state index contributed by atoms with van der Waals surface area (Å²) in [5.74, 6) is 0. The van der Waals surface area contributed by atoms with Gasteiger partial charge in [0.25, 0.3) is 0 Å². The third-order valence-electron chi connectivity index (χ3n) is 2.33. The Bertz CT molecular complexity index is 303. The van der Waals surface area contributed by atoms with E-state index in [2.05, 4.69) is 5.32 Å². The van der Waals surface area contributed by atoms with Gasteiger partial charge in [0, 0.05) is 19.6 Å². The van der Waals surface area contributed by atoms with E-state index >= 15 is 0 Å². The molecule has 0 aromatic carbocycles. The van der Waals surface area contributed by atoms with Crippen molar-refractivity contribution in [1.82, 2.24) is 10.2 Å². The highest BCUT2D eigenvalue weighted by Crippen LogP contribution is 2.22. The standard InChI is InChI=1S/C12H23F3N2O3/c1-11(2,3)20-10(19)17(8-6-16-4)7-5-9(18)12(13,14)15/h9,16,18H,5-8H2,1-4H3. The Morgan fingerprint density at radius 1 is 1.30 bits per heavy atom. The van der Waals surface area contributed by atoms with Gasteiger partial charge in [-0.3, -0.25) is 0 Å². The molecule has 20 heavy (non-hydrogen) atoms. The van der Waals surface area contributed by atoms with Crippen molar-refractivity contribution in [2.75, 3.05) is 26.7 Å². The van der Waals surface area contributed by atoms with E-state index in [-0.39, 0.29) is 13.1 Å². The van der Waals surface area contributed by atoms with Crippen molar-refractivity contribution in [1.29, 1.82) is 0 Å². The summed E-state index contributed by atoms with van der Waals surface area (Å²) < 4.78 is 41.8. The largest absolute Gasteiger partial charge is 0.444 e. The first-order valence-electron chi connectivity index (χ1n) is 6.34. The summed E-state index contributed by atoms with van der Waals surface area (Å²) >= 11 is 0. The molecule has 0 rings (SSSR count). The molecule has 0 heterocycles. The second-order valence-electron chi connectivity index (χ2n) is 5.42. The number of carbonyl (C=O) groups excluding carboxylic acids is 1. The van der Waals surface area contributed by atoms with Crippen LogP contribution in [0, 0.1) is 0 Å². The van der Waals surface area contributed by atoms with Gasteiger partial charge in [0.15, 0.2) is 6.10 Å². The Morgan fingerprint density at radius 2 is 1.85 bits per heavy atom. The van der Waals surface area contributed by atoms with Gasteiger partial charge in [-0.2, -0.15) is 13.2 Å². The van der Waals surface area contributed by atoms with Gasteiger partial charge in [-0.05, 0) is 34.2 Å². The monoisotopic (exact) mass is 300 g/mol. The van der Waals surface area contributed by atoms with Gasteiger partial charge in [-0.25, -0.2) is 4.79 Å². The topological polar surface area (TPSA) is 61.8 Å². The van der Waals surface area contributed by atoms with E-state index < -0.39 is 30.4 Å². The minimum absolute atomic E-state index is 0.204. The molecule has 0 radical (unpaired) electrons. The number of aliphatic hydroxyl groups is 1. The molecule has 1 unspecified atom stereocenters. The van der Waals surface area contributed by atoms with Crippen LogP contribution in [0.5, 0.6) is 0 Å². The number of aliphatic hydroxyl groups excluding tert-OH is 1. The Morgan fingerprint density at radius 3 is 2.25 bits per heavy atom. The van der Waals surface area contributed by atoms with Crippen molar-refractivity contribution in [3.63, 3.8) is 0 Å². The van der Waals surface area contributed by atoms with Gasteiger partial charge >= 0.3 is 12.3 Å². The lowest BCUT2D eigenvalue weighted by Crippen LogP contribution is -2.42. The molecule has 0 aliphatic rings. The molecular formula is C12H23F3N2O3. The third kappa shape index (κ3) is 8.21. The zero-order valence-corrected chi connectivity index (χ0v) is 12.3. The van der Waals surface area contributed by atoms with Crippen LogP contribution in [-0.4, -0.2) is 60.7 Å². The average Bonchev–Trinajstić information content (AvgIpc) is 2.24. The van der Waals surface area contributed by atoms with Crippen molar-refractivity contribution in [2.45, 2.75) is 45.1 Å². The van der Waals surface area contributed by atoms with Crippen molar-refractivity contribution in [3.05, 3.63) is 0 Å². The van der Waals surface area contributed by atoms with E-state index in [4.69, 9.17) is 9.84 Å². The summed E-state index contributed by atoms with van der Waals surface area (Å²) in [7, 11) is 1.66.